The molecule has 2 amide bonds. The number of hydrogen-bond donors (Lipinski definition) is 2. The number of amides is 2. The van der Waals surface area contributed by atoms with Gasteiger partial charge in [0.15, 0.2) is 0 Å². The van der Waals surface area contributed by atoms with Crippen LogP contribution in [0.2, 0.25) is 0 Å². The van der Waals surface area contributed by atoms with Crippen LogP contribution in [0, 0.1) is 0 Å². The predicted molar refractivity (Wildman–Crippen MR) is 101 cm³/mol. The van der Waals surface area contributed by atoms with Crippen LogP contribution in [0.15, 0.2) is 66.1 Å². The standard InChI is InChI=1S/C19H18N4O2S/c1-23-10-2-4-15(23)12-16(22-19(25)17-5-3-11-26-17)18(24)21-13-14-6-8-20-9-7-14/h2-12H,13H2,1H3,(H,21,24)(H,22,25)/b16-12+. The Morgan fingerprint density at radius 1 is 1.19 bits per heavy atom. The van der Waals surface area contributed by atoms with Crippen LogP contribution in [0.5, 0.6) is 0 Å². The first-order valence-corrected chi connectivity index (χ1v) is 8.86. The van der Waals surface area contributed by atoms with Crippen molar-refractivity contribution in [3.63, 3.8) is 0 Å². The van der Waals surface area contributed by atoms with Crippen molar-refractivity contribution >= 4 is 29.2 Å². The molecule has 132 valence electrons. The Balaban J connectivity index is 1.78. The molecule has 0 spiro atoms. The molecule has 3 rings (SSSR count). The van der Waals surface area contributed by atoms with Gasteiger partial charge in [0.2, 0.25) is 0 Å². The molecule has 3 aromatic rings. The number of aromatic nitrogens is 2. The third-order valence-corrected chi connectivity index (χ3v) is 4.58. The van der Waals surface area contributed by atoms with E-state index in [0.717, 1.165) is 11.3 Å². The van der Waals surface area contributed by atoms with Gasteiger partial charge >= 0.3 is 0 Å². The van der Waals surface area contributed by atoms with E-state index in [-0.39, 0.29) is 17.5 Å². The Hall–Kier alpha value is -3.19. The van der Waals surface area contributed by atoms with E-state index in [9.17, 15) is 9.59 Å². The third kappa shape index (κ3) is 4.46. The fourth-order valence-electron chi connectivity index (χ4n) is 2.30. The maximum absolute atomic E-state index is 12.6. The zero-order chi connectivity index (χ0) is 18.4. The van der Waals surface area contributed by atoms with E-state index in [1.165, 1.54) is 11.3 Å². The molecule has 2 N–H and O–H groups in total. The molecule has 0 fully saturated rings. The second kappa shape index (κ2) is 8.26. The molecule has 3 aromatic heterocycles. The second-order valence-corrected chi connectivity index (χ2v) is 6.52. The molecular formula is C19H18N4O2S. The molecule has 3 heterocycles. The van der Waals surface area contributed by atoms with Gasteiger partial charge in [-0.1, -0.05) is 6.07 Å². The van der Waals surface area contributed by atoms with Crippen LogP contribution >= 0.6 is 11.3 Å². The van der Waals surface area contributed by atoms with E-state index < -0.39 is 0 Å². The highest BCUT2D eigenvalue weighted by Gasteiger charge is 2.15. The van der Waals surface area contributed by atoms with Crippen molar-refractivity contribution in [2.75, 3.05) is 0 Å². The van der Waals surface area contributed by atoms with Crippen molar-refractivity contribution in [2.45, 2.75) is 6.54 Å². The quantitative estimate of drug-likeness (QED) is 0.659. The van der Waals surface area contributed by atoms with Crippen molar-refractivity contribution in [2.24, 2.45) is 7.05 Å². The van der Waals surface area contributed by atoms with Gasteiger partial charge in [0.25, 0.3) is 11.8 Å². The lowest BCUT2D eigenvalue weighted by Gasteiger charge is -2.11. The van der Waals surface area contributed by atoms with E-state index >= 15 is 0 Å². The average Bonchev–Trinajstić information content (AvgIpc) is 3.32. The molecule has 0 saturated heterocycles. The summed E-state index contributed by atoms with van der Waals surface area (Å²) in [7, 11) is 1.87. The first kappa shape index (κ1) is 17.6. The summed E-state index contributed by atoms with van der Waals surface area (Å²) in [5.74, 6) is -0.660. The molecule has 0 saturated carbocycles. The maximum atomic E-state index is 12.6. The molecule has 0 aliphatic carbocycles. The molecule has 6 nitrogen and oxygen atoms in total. The van der Waals surface area contributed by atoms with Gasteiger partial charge in [-0.15, -0.1) is 11.3 Å². The van der Waals surface area contributed by atoms with Crippen molar-refractivity contribution in [3.05, 3.63) is 82.2 Å². The molecular weight excluding hydrogens is 348 g/mol. The Labute approximate surface area is 155 Å². The van der Waals surface area contributed by atoms with E-state index in [1.54, 1.807) is 30.6 Å². The number of carbonyl (C=O) groups excluding carboxylic acids is 2. The van der Waals surface area contributed by atoms with Crippen LogP contribution in [0.25, 0.3) is 6.08 Å². The highest BCUT2D eigenvalue weighted by Crippen LogP contribution is 2.11. The van der Waals surface area contributed by atoms with Crippen molar-refractivity contribution < 1.29 is 9.59 Å². The number of aryl methyl sites for hydroxylation is 1. The SMILES string of the molecule is Cn1cccc1/C=C(/NC(=O)c1cccs1)C(=O)NCc1ccncc1. The minimum absolute atomic E-state index is 0.194. The monoisotopic (exact) mass is 366 g/mol. The summed E-state index contributed by atoms with van der Waals surface area (Å²) >= 11 is 1.32. The van der Waals surface area contributed by atoms with E-state index in [4.69, 9.17) is 0 Å². The maximum Gasteiger partial charge on any atom is 0.268 e. The fourth-order valence-corrected chi connectivity index (χ4v) is 2.92. The topological polar surface area (TPSA) is 76.0 Å². The summed E-state index contributed by atoms with van der Waals surface area (Å²) in [6.45, 7) is 0.348. The van der Waals surface area contributed by atoms with Gasteiger partial charge in [-0.2, -0.15) is 0 Å². The Morgan fingerprint density at radius 2 is 2.00 bits per heavy atom. The smallest absolute Gasteiger partial charge is 0.268 e. The predicted octanol–water partition coefficient (Wildman–Crippen LogP) is 2.57. The second-order valence-electron chi connectivity index (χ2n) is 5.57. The minimum atomic E-state index is -0.354. The minimum Gasteiger partial charge on any atom is -0.351 e. The summed E-state index contributed by atoms with van der Waals surface area (Å²) in [4.78, 5) is 29.5. The highest BCUT2D eigenvalue weighted by molar-refractivity contribution is 7.12. The molecule has 0 radical (unpaired) electrons. The first-order chi connectivity index (χ1) is 12.6. The Kier molecular flexibility index (Phi) is 5.60. The zero-order valence-electron chi connectivity index (χ0n) is 14.2. The van der Waals surface area contributed by atoms with Gasteiger partial charge < -0.3 is 15.2 Å². The lowest BCUT2D eigenvalue weighted by molar-refractivity contribution is -0.117. The first-order valence-electron chi connectivity index (χ1n) is 7.98. The van der Waals surface area contributed by atoms with Crippen molar-refractivity contribution in [1.29, 1.82) is 0 Å². The molecule has 0 aliphatic rings. The molecule has 0 aromatic carbocycles. The number of thiophene rings is 1. The largest absolute Gasteiger partial charge is 0.351 e. The van der Waals surface area contributed by atoms with Gasteiger partial charge in [-0.05, 0) is 47.4 Å². The van der Waals surface area contributed by atoms with E-state index in [2.05, 4.69) is 15.6 Å². The number of pyridine rings is 1. The number of nitrogens with zero attached hydrogens (tertiary/aromatic N) is 2. The van der Waals surface area contributed by atoms with Gasteiger partial charge in [-0.25, -0.2) is 0 Å². The van der Waals surface area contributed by atoms with Crippen molar-refractivity contribution in [3.8, 4) is 0 Å². The Bertz CT molecular complexity index is 914. The van der Waals surface area contributed by atoms with E-state index in [1.807, 2.05) is 47.5 Å². The molecule has 0 unspecified atom stereocenters. The van der Waals surface area contributed by atoms with Crippen LogP contribution in [0.4, 0.5) is 0 Å². The van der Waals surface area contributed by atoms with Gasteiger partial charge in [0.05, 0.1) is 4.88 Å². The van der Waals surface area contributed by atoms with Gasteiger partial charge in [0.1, 0.15) is 5.70 Å². The summed E-state index contributed by atoms with van der Waals surface area (Å²) in [6.07, 6.45) is 6.87. The molecule has 0 atom stereocenters. The number of carbonyl (C=O) groups is 2. The molecule has 26 heavy (non-hydrogen) atoms. The average molecular weight is 366 g/mol. The number of rotatable bonds is 6. The van der Waals surface area contributed by atoms with Crippen LogP contribution in [-0.4, -0.2) is 21.4 Å². The lowest BCUT2D eigenvalue weighted by atomic mass is 10.2. The highest BCUT2D eigenvalue weighted by atomic mass is 32.1. The molecule has 0 bridgehead atoms. The molecule has 0 aliphatic heterocycles. The van der Waals surface area contributed by atoms with Gasteiger partial charge in [-0.3, -0.25) is 14.6 Å². The lowest BCUT2D eigenvalue weighted by Crippen LogP contribution is -2.34. The molecule has 7 heteroatoms. The summed E-state index contributed by atoms with van der Waals surface area (Å²) in [5.41, 5.74) is 1.93. The van der Waals surface area contributed by atoms with Crippen LogP contribution < -0.4 is 10.6 Å². The van der Waals surface area contributed by atoms with Crippen LogP contribution in [0.3, 0.4) is 0 Å². The normalized spacial score (nSPS) is 11.2. The van der Waals surface area contributed by atoms with Crippen LogP contribution in [0.1, 0.15) is 20.9 Å². The Morgan fingerprint density at radius 3 is 2.65 bits per heavy atom. The van der Waals surface area contributed by atoms with Crippen LogP contribution in [-0.2, 0) is 18.4 Å². The summed E-state index contributed by atoms with van der Waals surface area (Å²) in [6, 6.07) is 10.9. The van der Waals surface area contributed by atoms with E-state index in [0.29, 0.717) is 11.4 Å². The fraction of sp³-hybridized carbons (Fsp3) is 0.105. The number of hydrogen-bond acceptors (Lipinski definition) is 4. The van der Waals surface area contributed by atoms with Gasteiger partial charge in [0, 0.05) is 37.9 Å². The number of nitrogens with one attached hydrogen (secondary N) is 2. The van der Waals surface area contributed by atoms with Crippen molar-refractivity contribution in [1.82, 2.24) is 20.2 Å². The third-order valence-electron chi connectivity index (χ3n) is 3.72. The summed E-state index contributed by atoms with van der Waals surface area (Å²) in [5, 5.41) is 7.36. The summed E-state index contributed by atoms with van der Waals surface area (Å²) < 4.78 is 1.87. The zero-order valence-corrected chi connectivity index (χ0v) is 15.0.